The van der Waals surface area contributed by atoms with E-state index in [1.54, 1.807) is 19.2 Å². The Bertz CT molecular complexity index is 940. The summed E-state index contributed by atoms with van der Waals surface area (Å²) >= 11 is 0. The maximum Gasteiger partial charge on any atom is 0.269 e. The molecule has 9 nitrogen and oxygen atoms in total. The Balaban J connectivity index is 1.82. The molecule has 0 radical (unpaired) electrons. The summed E-state index contributed by atoms with van der Waals surface area (Å²) in [7, 11) is 1.65. The second-order valence-corrected chi connectivity index (χ2v) is 7.19. The van der Waals surface area contributed by atoms with Crippen molar-refractivity contribution in [1.29, 1.82) is 0 Å². The van der Waals surface area contributed by atoms with Gasteiger partial charge in [-0.2, -0.15) is 5.10 Å². The van der Waals surface area contributed by atoms with Gasteiger partial charge in [-0.15, -0.1) is 0 Å². The van der Waals surface area contributed by atoms with Crippen LogP contribution in [0.4, 0.5) is 0 Å². The quantitative estimate of drug-likeness (QED) is 0.651. The zero-order chi connectivity index (χ0) is 19.3. The van der Waals surface area contributed by atoms with Crippen LogP contribution < -0.4 is 5.73 Å². The first-order valence-electron chi connectivity index (χ1n) is 8.84. The summed E-state index contributed by atoms with van der Waals surface area (Å²) in [4.78, 5) is 29.9. The van der Waals surface area contributed by atoms with Crippen LogP contribution in [-0.2, 0) is 23.2 Å². The molecule has 142 valence electrons. The summed E-state index contributed by atoms with van der Waals surface area (Å²) in [6.07, 6.45) is 2.60. The standard InChI is InChI=1S/C18H21N5O4/c1-22-7-5-18(27,17(22)26)10-4-6-20-14(8-10)23-13-9-11(24)2-3-12(13)15(21-23)16(19)25/h4,6,8,11,24,27H,2-3,5,7,9H2,1H3,(H2,19,25). The largest absolute Gasteiger partial charge is 0.393 e. The van der Waals surface area contributed by atoms with Crippen molar-refractivity contribution in [2.75, 3.05) is 13.6 Å². The Kier molecular flexibility index (Phi) is 4.01. The highest BCUT2D eigenvalue weighted by atomic mass is 16.3. The number of nitrogens with zero attached hydrogens (tertiary/aromatic N) is 4. The van der Waals surface area contributed by atoms with Gasteiger partial charge in [0, 0.05) is 38.2 Å². The first kappa shape index (κ1) is 17.6. The summed E-state index contributed by atoms with van der Waals surface area (Å²) in [6.45, 7) is 0.460. The van der Waals surface area contributed by atoms with Crippen LogP contribution >= 0.6 is 0 Å². The fraction of sp³-hybridized carbons (Fsp3) is 0.444. The van der Waals surface area contributed by atoms with E-state index in [2.05, 4.69) is 10.1 Å². The van der Waals surface area contributed by atoms with Crippen LogP contribution in [-0.4, -0.2) is 61.4 Å². The number of carbonyl (C=O) groups excluding carboxylic acids is 2. The first-order chi connectivity index (χ1) is 12.8. The number of aliphatic hydroxyl groups excluding tert-OH is 1. The topological polar surface area (TPSA) is 135 Å². The number of hydrogen-bond donors (Lipinski definition) is 3. The molecular weight excluding hydrogens is 350 g/mol. The van der Waals surface area contributed by atoms with Crippen LogP contribution in [0.25, 0.3) is 5.82 Å². The third-order valence-electron chi connectivity index (χ3n) is 5.43. The maximum atomic E-state index is 12.4. The fourth-order valence-corrected chi connectivity index (χ4v) is 3.89. The maximum absolute atomic E-state index is 12.4. The molecule has 0 spiro atoms. The lowest BCUT2D eigenvalue weighted by molar-refractivity contribution is -0.143. The number of aromatic nitrogens is 3. The molecule has 2 unspecified atom stereocenters. The Labute approximate surface area is 155 Å². The van der Waals surface area contributed by atoms with Crippen molar-refractivity contribution in [2.24, 2.45) is 5.73 Å². The molecule has 2 aromatic rings. The van der Waals surface area contributed by atoms with Crippen LogP contribution in [0.15, 0.2) is 18.3 Å². The number of nitrogens with two attached hydrogens (primary N) is 1. The molecule has 2 amide bonds. The van der Waals surface area contributed by atoms with E-state index in [4.69, 9.17) is 5.73 Å². The third-order valence-corrected chi connectivity index (χ3v) is 5.43. The minimum absolute atomic E-state index is 0.166. The number of pyridine rings is 1. The van der Waals surface area contributed by atoms with E-state index < -0.39 is 17.6 Å². The van der Waals surface area contributed by atoms with Gasteiger partial charge in [-0.25, -0.2) is 9.67 Å². The molecule has 2 aromatic heterocycles. The second kappa shape index (κ2) is 6.14. The zero-order valence-electron chi connectivity index (χ0n) is 14.9. The molecule has 27 heavy (non-hydrogen) atoms. The van der Waals surface area contributed by atoms with Crippen molar-refractivity contribution in [3.63, 3.8) is 0 Å². The predicted molar refractivity (Wildman–Crippen MR) is 94.1 cm³/mol. The second-order valence-electron chi connectivity index (χ2n) is 7.19. The molecule has 2 aliphatic rings. The molecule has 9 heteroatoms. The molecular formula is C18H21N5O4. The molecule has 1 aliphatic carbocycles. The van der Waals surface area contributed by atoms with E-state index in [0.29, 0.717) is 42.9 Å². The summed E-state index contributed by atoms with van der Waals surface area (Å²) in [5.41, 5.74) is 5.83. The number of carbonyl (C=O) groups is 2. The Hall–Kier alpha value is -2.78. The number of likely N-dealkylation sites (N-methyl/N-ethyl adjacent to an activating group) is 1. The normalized spacial score (nSPS) is 24.9. The van der Waals surface area contributed by atoms with E-state index in [1.165, 1.54) is 15.8 Å². The zero-order valence-corrected chi connectivity index (χ0v) is 14.9. The van der Waals surface area contributed by atoms with Gasteiger partial charge in [-0.3, -0.25) is 9.59 Å². The van der Waals surface area contributed by atoms with Gasteiger partial charge in [-0.05, 0) is 30.5 Å². The van der Waals surface area contributed by atoms with E-state index in [1.807, 2.05) is 0 Å². The Morgan fingerprint density at radius 1 is 1.44 bits per heavy atom. The van der Waals surface area contributed by atoms with Gasteiger partial charge in [-0.1, -0.05) is 0 Å². The highest BCUT2D eigenvalue weighted by Gasteiger charge is 2.45. The van der Waals surface area contributed by atoms with Gasteiger partial charge in [0.15, 0.2) is 17.1 Å². The molecule has 1 saturated heterocycles. The van der Waals surface area contributed by atoms with Crippen LogP contribution in [0.5, 0.6) is 0 Å². The van der Waals surface area contributed by atoms with Gasteiger partial charge in [0.2, 0.25) is 0 Å². The molecule has 1 fully saturated rings. The number of aliphatic hydroxyl groups is 2. The lowest BCUT2D eigenvalue weighted by Crippen LogP contribution is -2.36. The lowest BCUT2D eigenvalue weighted by atomic mass is 9.92. The predicted octanol–water partition coefficient (Wildman–Crippen LogP) is -0.734. The number of hydrogen-bond acceptors (Lipinski definition) is 6. The number of likely N-dealkylation sites (tertiary alicyclic amines) is 1. The lowest BCUT2D eigenvalue weighted by Gasteiger charge is -2.22. The highest BCUT2D eigenvalue weighted by Crippen LogP contribution is 2.34. The van der Waals surface area contributed by atoms with Gasteiger partial charge in [0.1, 0.15) is 0 Å². The number of fused-ring (bicyclic) bond motifs is 1. The van der Waals surface area contributed by atoms with Crippen LogP contribution in [0.3, 0.4) is 0 Å². The fourth-order valence-electron chi connectivity index (χ4n) is 3.89. The first-order valence-corrected chi connectivity index (χ1v) is 8.84. The summed E-state index contributed by atoms with van der Waals surface area (Å²) in [5.74, 6) is -0.639. The Morgan fingerprint density at radius 3 is 2.89 bits per heavy atom. The van der Waals surface area contributed by atoms with Crippen molar-refractivity contribution in [1.82, 2.24) is 19.7 Å². The highest BCUT2D eigenvalue weighted by molar-refractivity contribution is 5.92. The SMILES string of the molecule is CN1CCC(O)(c2ccnc(-n3nc(C(N)=O)c4c3CC(O)CC4)c2)C1=O. The van der Waals surface area contributed by atoms with E-state index in [9.17, 15) is 19.8 Å². The molecule has 0 bridgehead atoms. The molecule has 1 aliphatic heterocycles. The number of primary amides is 1. The van der Waals surface area contributed by atoms with Crippen LogP contribution in [0.1, 0.15) is 40.2 Å². The van der Waals surface area contributed by atoms with Crippen molar-refractivity contribution in [3.8, 4) is 5.82 Å². The number of amides is 2. The van der Waals surface area contributed by atoms with E-state index >= 15 is 0 Å². The summed E-state index contributed by atoms with van der Waals surface area (Å²) in [5, 5.41) is 25.2. The van der Waals surface area contributed by atoms with Gasteiger partial charge in [0.05, 0.1) is 11.8 Å². The summed E-state index contributed by atoms with van der Waals surface area (Å²) < 4.78 is 1.48. The molecule has 4 N–H and O–H groups in total. The average molecular weight is 371 g/mol. The molecule has 0 saturated carbocycles. The molecule has 2 atom stereocenters. The van der Waals surface area contributed by atoms with Crippen molar-refractivity contribution < 1.29 is 19.8 Å². The monoisotopic (exact) mass is 371 g/mol. The molecule has 3 heterocycles. The smallest absolute Gasteiger partial charge is 0.269 e. The number of rotatable bonds is 3. The minimum atomic E-state index is -1.61. The third kappa shape index (κ3) is 2.70. The van der Waals surface area contributed by atoms with E-state index in [-0.39, 0.29) is 18.0 Å². The average Bonchev–Trinajstić information content (AvgIpc) is 3.15. The van der Waals surface area contributed by atoms with Crippen molar-refractivity contribution in [2.45, 2.75) is 37.4 Å². The van der Waals surface area contributed by atoms with E-state index in [0.717, 1.165) is 5.56 Å². The summed E-state index contributed by atoms with van der Waals surface area (Å²) in [6, 6.07) is 3.19. The van der Waals surface area contributed by atoms with Crippen LogP contribution in [0.2, 0.25) is 0 Å². The minimum Gasteiger partial charge on any atom is -0.393 e. The van der Waals surface area contributed by atoms with Crippen LogP contribution in [0, 0.1) is 0 Å². The van der Waals surface area contributed by atoms with Gasteiger partial charge >= 0.3 is 0 Å². The van der Waals surface area contributed by atoms with Crippen molar-refractivity contribution >= 4 is 11.8 Å². The van der Waals surface area contributed by atoms with Crippen molar-refractivity contribution in [3.05, 3.63) is 40.8 Å². The molecule has 0 aromatic carbocycles. The van der Waals surface area contributed by atoms with Gasteiger partial charge < -0.3 is 20.8 Å². The Morgan fingerprint density at radius 2 is 2.22 bits per heavy atom. The molecule has 4 rings (SSSR count). The van der Waals surface area contributed by atoms with Gasteiger partial charge in [0.25, 0.3) is 11.8 Å².